The zero-order valence-corrected chi connectivity index (χ0v) is 10.2. The lowest BCUT2D eigenvalue weighted by molar-refractivity contribution is 0.352. The zero-order valence-electron chi connectivity index (χ0n) is 10.2. The molecular formula is C12H12N4O3. The largest absolute Gasteiger partial charge is 0.468 e. The molecule has 0 fully saturated rings. The van der Waals surface area contributed by atoms with Gasteiger partial charge in [0, 0.05) is 0 Å². The second-order valence-electron chi connectivity index (χ2n) is 3.80. The van der Waals surface area contributed by atoms with Crippen molar-refractivity contribution in [2.24, 2.45) is 5.18 Å². The molecule has 1 heterocycles. The van der Waals surface area contributed by atoms with Crippen LogP contribution in [0.25, 0.3) is 0 Å². The highest BCUT2D eigenvalue weighted by Gasteiger charge is 2.16. The van der Waals surface area contributed by atoms with Crippen molar-refractivity contribution in [1.82, 2.24) is 9.55 Å². The van der Waals surface area contributed by atoms with Crippen molar-refractivity contribution in [2.75, 3.05) is 12.8 Å². The van der Waals surface area contributed by atoms with Gasteiger partial charge in [-0.1, -0.05) is 30.3 Å². The number of aromatic nitrogens is 2. The Hall–Kier alpha value is -2.70. The lowest BCUT2D eigenvalue weighted by Crippen LogP contribution is -2.24. The van der Waals surface area contributed by atoms with Crippen LogP contribution in [0.4, 0.5) is 11.5 Å². The van der Waals surface area contributed by atoms with Crippen LogP contribution in [0.1, 0.15) is 5.56 Å². The van der Waals surface area contributed by atoms with Crippen molar-refractivity contribution >= 4 is 11.5 Å². The Morgan fingerprint density at radius 1 is 1.37 bits per heavy atom. The highest BCUT2D eigenvalue weighted by molar-refractivity contribution is 5.56. The van der Waals surface area contributed by atoms with Gasteiger partial charge in [-0.3, -0.25) is 9.36 Å². The van der Waals surface area contributed by atoms with E-state index in [9.17, 15) is 9.70 Å². The lowest BCUT2D eigenvalue weighted by Gasteiger charge is -2.11. The highest BCUT2D eigenvalue weighted by atomic mass is 16.5. The van der Waals surface area contributed by atoms with Crippen LogP contribution in [0.2, 0.25) is 0 Å². The van der Waals surface area contributed by atoms with E-state index in [4.69, 9.17) is 10.5 Å². The first-order valence-electron chi connectivity index (χ1n) is 5.49. The van der Waals surface area contributed by atoms with Crippen LogP contribution in [0, 0.1) is 4.91 Å². The van der Waals surface area contributed by atoms with Crippen LogP contribution in [-0.2, 0) is 6.54 Å². The number of rotatable bonds is 4. The minimum atomic E-state index is -0.622. The maximum atomic E-state index is 12.1. The number of hydrogen-bond donors (Lipinski definition) is 1. The van der Waals surface area contributed by atoms with Crippen molar-refractivity contribution in [2.45, 2.75) is 6.54 Å². The van der Waals surface area contributed by atoms with E-state index in [0.29, 0.717) is 0 Å². The van der Waals surface area contributed by atoms with Crippen LogP contribution >= 0.6 is 0 Å². The van der Waals surface area contributed by atoms with Crippen molar-refractivity contribution in [3.05, 3.63) is 51.2 Å². The molecule has 7 heteroatoms. The van der Waals surface area contributed by atoms with Gasteiger partial charge < -0.3 is 10.5 Å². The molecule has 1 aromatic carbocycles. The first kappa shape index (κ1) is 12.7. The van der Waals surface area contributed by atoms with Gasteiger partial charge >= 0.3 is 6.01 Å². The zero-order chi connectivity index (χ0) is 13.8. The van der Waals surface area contributed by atoms with Crippen molar-refractivity contribution in [3.63, 3.8) is 0 Å². The Morgan fingerprint density at radius 3 is 2.63 bits per heavy atom. The number of ether oxygens (including phenoxy) is 1. The Balaban J connectivity index is 2.55. The molecule has 0 radical (unpaired) electrons. The van der Waals surface area contributed by atoms with E-state index in [1.807, 2.05) is 30.3 Å². The number of benzene rings is 1. The smallest absolute Gasteiger partial charge is 0.301 e. The Kier molecular flexibility index (Phi) is 3.56. The van der Waals surface area contributed by atoms with Gasteiger partial charge in [0.1, 0.15) is 0 Å². The Morgan fingerprint density at radius 2 is 2.05 bits per heavy atom. The molecule has 7 nitrogen and oxygen atoms in total. The minimum absolute atomic E-state index is 0.0405. The van der Waals surface area contributed by atoms with Gasteiger partial charge in [0.15, 0.2) is 5.82 Å². The molecule has 2 N–H and O–H groups in total. The van der Waals surface area contributed by atoms with Crippen molar-refractivity contribution < 1.29 is 4.74 Å². The van der Waals surface area contributed by atoms with Crippen LogP contribution in [0.15, 0.2) is 40.3 Å². The molecule has 0 amide bonds. The minimum Gasteiger partial charge on any atom is -0.468 e. The summed E-state index contributed by atoms with van der Waals surface area (Å²) in [6.07, 6.45) is 0. The molecule has 0 saturated carbocycles. The van der Waals surface area contributed by atoms with Gasteiger partial charge in [0.05, 0.1) is 13.7 Å². The molecule has 19 heavy (non-hydrogen) atoms. The second kappa shape index (κ2) is 5.30. The van der Waals surface area contributed by atoms with Gasteiger partial charge in [-0.15, -0.1) is 4.91 Å². The average molecular weight is 260 g/mol. The number of hydrogen-bond acceptors (Lipinski definition) is 6. The first-order valence-corrected chi connectivity index (χ1v) is 5.49. The van der Waals surface area contributed by atoms with Gasteiger partial charge in [0.2, 0.25) is 5.69 Å². The number of nitroso groups, excluding NO2 is 1. The fourth-order valence-corrected chi connectivity index (χ4v) is 1.69. The maximum Gasteiger partial charge on any atom is 0.301 e. The molecule has 0 aliphatic rings. The van der Waals surface area contributed by atoms with E-state index in [0.717, 1.165) is 5.56 Å². The van der Waals surface area contributed by atoms with E-state index >= 15 is 0 Å². The summed E-state index contributed by atoms with van der Waals surface area (Å²) in [5.74, 6) is -0.235. The predicted molar refractivity (Wildman–Crippen MR) is 70.5 cm³/mol. The van der Waals surface area contributed by atoms with Crippen LogP contribution in [-0.4, -0.2) is 16.7 Å². The number of nitrogens with two attached hydrogens (primary N) is 1. The number of nitrogen functional groups attached to an aromatic ring is 1. The van der Waals surface area contributed by atoms with E-state index in [1.165, 1.54) is 11.7 Å². The van der Waals surface area contributed by atoms with Crippen molar-refractivity contribution in [1.29, 1.82) is 0 Å². The van der Waals surface area contributed by atoms with Crippen molar-refractivity contribution in [3.8, 4) is 6.01 Å². The SMILES string of the molecule is COc1nc(N)c(N=O)c(=O)n1Cc1ccccc1. The highest BCUT2D eigenvalue weighted by Crippen LogP contribution is 2.18. The Labute approximate surface area is 108 Å². The molecule has 0 aliphatic carbocycles. The third kappa shape index (κ3) is 2.44. The summed E-state index contributed by atoms with van der Waals surface area (Å²) in [4.78, 5) is 26.5. The number of nitrogens with zero attached hydrogens (tertiary/aromatic N) is 3. The van der Waals surface area contributed by atoms with E-state index in [2.05, 4.69) is 10.2 Å². The summed E-state index contributed by atoms with van der Waals surface area (Å²) < 4.78 is 6.22. The summed E-state index contributed by atoms with van der Waals surface area (Å²) in [7, 11) is 1.37. The van der Waals surface area contributed by atoms with Gasteiger partial charge in [-0.05, 0) is 10.7 Å². The molecule has 1 aromatic heterocycles. The number of anilines is 1. The van der Waals surface area contributed by atoms with Gasteiger partial charge in [-0.2, -0.15) is 4.98 Å². The molecular weight excluding hydrogens is 248 g/mol. The standard InChI is InChI=1S/C12H12N4O3/c1-19-12-14-10(13)9(15-18)11(17)16(12)7-8-5-3-2-4-6-8/h2-6H,7,13H2,1H3. The van der Waals surface area contributed by atoms with Crippen LogP contribution in [0.5, 0.6) is 6.01 Å². The topological polar surface area (TPSA) is 99.6 Å². The summed E-state index contributed by atoms with van der Waals surface area (Å²) in [5.41, 5.74) is 5.31. The monoisotopic (exact) mass is 260 g/mol. The molecule has 0 aliphatic heterocycles. The van der Waals surface area contributed by atoms with Gasteiger partial charge in [-0.25, -0.2) is 0 Å². The first-order chi connectivity index (χ1) is 9.17. The molecule has 0 unspecified atom stereocenters. The summed E-state index contributed by atoms with van der Waals surface area (Å²) in [6, 6.07) is 9.28. The lowest BCUT2D eigenvalue weighted by atomic mass is 10.2. The Bertz CT molecular complexity index is 652. The fraction of sp³-hybridized carbons (Fsp3) is 0.167. The van der Waals surface area contributed by atoms with Crippen LogP contribution in [0.3, 0.4) is 0 Å². The number of methoxy groups -OCH3 is 1. The molecule has 0 spiro atoms. The summed E-state index contributed by atoms with van der Waals surface area (Å²) in [6.45, 7) is 0.221. The molecule has 0 bridgehead atoms. The second-order valence-corrected chi connectivity index (χ2v) is 3.80. The average Bonchev–Trinajstić information content (AvgIpc) is 2.43. The van der Waals surface area contributed by atoms with Crippen LogP contribution < -0.4 is 16.0 Å². The normalized spacial score (nSPS) is 10.2. The molecule has 98 valence electrons. The quantitative estimate of drug-likeness (QED) is 0.834. The third-order valence-corrected chi connectivity index (χ3v) is 2.59. The molecule has 2 aromatic rings. The maximum absolute atomic E-state index is 12.1. The third-order valence-electron chi connectivity index (χ3n) is 2.59. The molecule has 2 rings (SSSR count). The van der Waals surface area contributed by atoms with E-state index in [1.54, 1.807) is 0 Å². The van der Waals surface area contributed by atoms with Gasteiger partial charge in [0.25, 0.3) is 5.56 Å². The fourth-order valence-electron chi connectivity index (χ4n) is 1.69. The summed E-state index contributed by atoms with van der Waals surface area (Å²) in [5, 5.41) is 2.62. The van der Waals surface area contributed by atoms with E-state index in [-0.39, 0.29) is 18.4 Å². The summed E-state index contributed by atoms with van der Waals surface area (Å²) >= 11 is 0. The predicted octanol–water partition coefficient (Wildman–Crippen LogP) is 1.28. The van der Waals surface area contributed by atoms with E-state index < -0.39 is 11.2 Å². The molecule has 0 atom stereocenters. The molecule has 0 saturated heterocycles.